The summed E-state index contributed by atoms with van der Waals surface area (Å²) in [5, 5.41) is 0. The summed E-state index contributed by atoms with van der Waals surface area (Å²) in [6.45, 7) is 7.30. The fourth-order valence-electron chi connectivity index (χ4n) is 0.535. The molecule has 11 heavy (non-hydrogen) atoms. The van der Waals surface area contributed by atoms with Crippen LogP contribution in [0.3, 0.4) is 0 Å². The molecule has 0 saturated carbocycles. The van der Waals surface area contributed by atoms with E-state index in [1.165, 1.54) is 6.92 Å². The number of allylic oxidation sites excluding steroid dienone is 3. The first-order valence-electron chi connectivity index (χ1n) is 2.80. The second-order valence-corrected chi connectivity index (χ2v) is 1.89. The molecule has 0 bridgehead atoms. The number of hydrogen-bond acceptors (Lipinski definition) is 1. The molecule has 0 rings (SSSR count). The maximum Gasteiger partial charge on any atom is 0.433 e. The molecule has 0 heterocycles. The quantitative estimate of drug-likeness (QED) is 0.438. The summed E-state index contributed by atoms with van der Waals surface area (Å²) in [6.07, 6.45) is -3.34. The van der Waals surface area contributed by atoms with Gasteiger partial charge in [0.15, 0.2) is 0 Å². The number of aliphatic imine (C=N–C) groups is 1. The van der Waals surface area contributed by atoms with Crippen molar-refractivity contribution < 1.29 is 13.2 Å². The van der Waals surface area contributed by atoms with Crippen LogP contribution in [0.4, 0.5) is 13.2 Å². The smallest absolute Gasteiger partial charge is 0.259 e. The molecule has 0 aromatic rings. The van der Waals surface area contributed by atoms with Gasteiger partial charge in [0.05, 0.1) is 0 Å². The Morgan fingerprint density at radius 3 is 2.00 bits per heavy atom. The van der Waals surface area contributed by atoms with E-state index in [1.54, 1.807) is 0 Å². The average Bonchev–Trinajstić information content (AvgIpc) is 1.86. The minimum Gasteiger partial charge on any atom is -0.259 e. The lowest BCUT2D eigenvalue weighted by Gasteiger charge is -2.07. The minimum atomic E-state index is -4.43. The van der Waals surface area contributed by atoms with Crippen LogP contribution in [0.25, 0.3) is 0 Å². The van der Waals surface area contributed by atoms with E-state index < -0.39 is 11.9 Å². The van der Waals surface area contributed by atoms with Crippen LogP contribution in [0.15, 0.2) is 28.9 Å². The fourth-order valence-corrected chi connectivity index (χ4v) is 0.535. The van der Waals surface area contributed by atoms with Crippen LogP contribution in [0, 0.1) is 0 Å². The van der Waals surface area contributed by atoms with Gasteiger partial charge in [-0.1, -0.05) is 12.7 Å². The lowest BCUT2D eigenvalue weighted by molar-refractivity contribution is -0.0928. The van der Waals surface area contributed by atoms with Crippen molar-refractivity contribution >= 4 is 6.72 Å². The standard InChI is InChI=1S/C7H8F3N/c1-4-5(2)6(11-3)7(8,9)10/h4H,1,3H2,2H3/b6-5-. The number of nitrogens with zero attached hydrogens (tertiary/aromatic N) is 1. The molecule has 1 nitrogen and oxygen atoms in total. The molecule has 0 spiro atoms. The van der Waals surface area contributed by atoms with Gasteiger partial charge < -0.3 is 0 Å². The molecule has 0 radical (unpaired) electrons. The lowest BCUT2D eigenvalue weighted by atomic mass is 10.2. The summed E-state index contributed by atoms with van der Waals surface area (Å²) in [4.78, 5) is 2.86. The van der Waals surface area contributed by atoms with E-state index in [9.17, 15) is 13.2 Å². The van der Waals surface area contributed by atoms with Crippen molar-refractivity contribution in [2.75, 3.05) is 0 Å². The van der Waals surface area contributed by atoms with E-state index in [0.29, 0.717) is 0 Å². The Balaban J connectivity index is 4.95. The van der Waals surface area contributed by atoms with Gasteiger partial charge in [0.1, 0.15) is 5.70 Å². The highest BCUT2D eigenvalue weighted by atomic mass is 19.4. The second kappa shape index (κ2) is 3.37. The van der Waals surface area contributed by atoms with E-state index in [-0.39, 0.29) is 5.57 Å². The van der Waals surface area contributed by atoms with E-state index in [1.807, 2.05) is 0 Å². The van der Waals surface area contributed by atoms with Gasteiger partial charge in [0.2, 0.25) is 0 Å². The molecule has 0 atom stereocenters. The van der Waals surface area contributed by atoms with Gasteiger partial charge >= 0.3 is 6.18 Å². The lowest BCUT2D eigenvalue weighted by Crippen LogP contribution is -2.11. The maximum absolute atomic E-state index is 11.9. The predicted molar refractivity (Wildman–Crippen MR) is 38.5 cm³/mol. The van der Waals surface area contributed by atoms with Crippen LogP contribution < -0.4 is 0 Å². The van der Waals surface area contributed by atoms with Gasteiger partial charge in [0.25, 0.3) is 0 Å². The van der Waals surface area contributed by atoms with Gasteiger partial charge in [-0.05, 0) is 19.2 Å². The fraction of sp³-hybridized carbons (Fsp3) is 0.286. The summed E-state index contributed by atoms with van der Waals surface area (Å²) >= 11 is 0. The van der Waals surface area contributed by atoms with Gasteiger partial charge in [-0.2, -0.15) is 13.2 Å². The van der Waals surface area contributed by atoms with E-state index in [0.717, 1.165) is 6.08 Å². The first-order valence-corrected chi connectivity index (χ1v) is 2.80. The van der Waals surface area contributed by atoms with Crippen LogP contribution in [0.1, 0.15) is 6.92 Å². The second-order valence-electron chi connectivity index (χ2n) is 1.89. The Bertz CT molecular complexity index is 200. The van der Waals surface area contributed by atoms with Crippen LogP contribution in [0.2, 0.25) is 0 Å². The van der Waals surface area contributed by atoms with Crippen molar-refractivity contribution in [3.05, 3.63) is 23.9 Å². The average molecular weight is 163 g/mol. The van der Waals surface area contributed by atoms with Gasteiger partial charge in [-0.3, -0.25) is 4.99 Å². The molecule has 0 aromatic carbocycles. The van der Waals surface area contributed by atoms with E-state index >= 15 is 0 Å². The van der Waals surface area contributed by atoms with Crippen molar-refractivity contribution in [3.8, 4) is 0 Å². The van der Waals surface area contributed by atoms with Crippen molar-refractivity contribution in [2.24, 2.45) is 4.99 Å². The third-order valence-electron chi connectivity index (χ3n) is 1.11. The summed E-state index contributed by atoms with van der Waals surface area (Å²) in [5.41, 5.74) is -1.000. The molecule has 0 unspecified atom stereocenters. The van der Waals surface area contributed by atoms with Crippen LogP contribution in [0.5, 0.6) is 0 Å². The Morgan fingerprint density at radius 2 is 1.91 bits per heavy atom. The largest absolute Gasteiger partial charge is 0.433 e. The molecule has 0 saturated heterocycles. The van der Waals surface area contributed by atoms with Crippen LogP contribution >= 0.6 is 0 Å². The Hall–Kier alpha value is -1.06. The van der Waals surface area contributed by atoms with Crippen LogP contribution in [-0.4, -0.2) is 12.9 Å². The third kappa shape index (κ3) is 2.57. The topological polar surface area (TPSA) is 12.4 Å². The minimum absolute atomic E-state index is 0.0208. The molecule has 0 aromatic heterocycles. The zero-order valence-corrected chi connectivity index (χ0v) is 6.07. The Kier molecular flexibility index (Phi) is 3.04. The summed E-state index contributed by atoms with van der Waals surface area (Å²) in [7, 11) is 0. The van der Waals surface area contributed by atoms with Crippen molar-refractivity contribution in [2.45, 2.75) is 13.1 Å². The highest BCUT2D eigenvalue weighted by Gasteiger charge is 2.34. The normalized spacial score (nSPS) is 13.8. The molecular formula is C7H8F3N. The molecule has 4 heteroatoms. The van der Waals surface area contributed by atoms with Gasteiger partial charge in [-0.25, -0.2) is 0 Å². The molecule has 62 valence electrons. The number of hydrogen-bond donors (Lipinski definition) is 0. The van der Waals surface area contributed by atoms with Crippen molar-refractivity contribution in [1.82, 2.24) is 0 Å². The summed E-state index contributed by atoms with van der Waals surface area (Å²) in [6, 6.07) is 0. The highest BCUT2D eigenvalue weighted by Crippen LogP contribution is 2.28. The molecule has 0 amide bonds. The molecule has 0 aliphatic carbocycles. The van der Waals surface area contributed by atoms with Crippen molar-refractivity contribution in [1.29, 1.82) is 0 Å². The van der Waals surface area contributed by atoms with E-state index in [2.05, 4.69) is 18.3 Å². The SMILES string of the molecule is C=C/C(C)=C(\N=C)C(F)(F)F. The molecule has 0 aliphatic rings. The highest BCUT2D eigenvalue weighted by molar-refractivity contribution is 5.35. The van der Waals surface area contributed by atoms with Crippen LogP contribution in [-0.2, 0) is 0 Å². The molecule has 0 aliphatic heterocycles. The van der Waals surface area contributed by atoms with Gasteiger partial charge in [0, 0.05) is 0 Å². The zero-order valence-electron chi connectivity index (χ0n) is 6.07. The molecular weight excluding hydrogens is 155 g/mol. The number of alkyl halides is 3. The monoisotopic (exact) mass is 163 g/mol. The van der Waals surface area contributed by atoms with E-state index in [4.69, 9.17) is 0 Å². The number of rotatable bonds is 2. The van der Waals surface area contributed by atoms with Crippen molar-refractivity contribution in [3.63, 3.8) is 0 Å². The summed E-state index contributed by atoms with van der Waals surface area (Å²) < 4.78 is 35.8. The Morgan fingerprint density at radius 1 is 1.45 bits per heavy atom. The first-order chi connectivity index (χ1) is 4.93. The third-order valence-corrected chi connectivity index (χ3v) is 1.11. The zero-order chi connectivity index (χ0) is 9.07. The predicted octanol–water partition coefficient (Wildman–Crippen LogP) is 2.71. The Labute approximate surface area is 62.9 Å². The number of halogens is 3. The summed E-state index contributed by atoms with van der Waals surface area (Å²) in [5.74, 6) is 0. The molecule has 0 N–H and O–H groups in total. The first kappa shape index (κ1) is 9.94. The maximum atomic E-state index is 11.9. The molecule has 0 fully saturated rings. The van der Waals surface area contributed by atoms with Gasteiger partial charge in [-0.15, -0.1) is 0 Å².